The molecule has 2 bridgehead atoms. The van der Waals surface area contributed by atoms with Gasteiger partial charge in [0.15, 0.2) is 0 Å². The third-order valence-corrected chi connectivity index (χ3v) is 6.86. The van der Waals surface area contributed by atoms with E-state index in [0.717, 1.165) is 35.8 Å². The number of thiazole rings is 1. The van der Waals surface area contributed by atoms with Crippen LogP contribution >= 0.6 is 11.3 Å². The molecule has 3 aromatic rings. The van der Waals surface area contributed by atoms with Crippen molar-refractivity contribution in [1.29, 1.82) is 0 Å². The van der Waals surface area contributed by atoms with E-state index in [0.29, 0.717) is 17.7 Å². The first-order valence-electron chi connectivity index (χ1n) is 9.82. The summed E-state index contributed by atoms with van der Waals surface area (Å²) >= 11 is 1.48. The van der Waals surface area contributed by atoms with Crippen molar-refractivity contribution >= 4 is 17.2 Å². The fourth-order valence-corrected chi connectivity index (χ4v) is 5.29. The first-order valence-corrected chi connectivity index (χ1v) is 10.7. The summed E-state index contributed by atoms with van der Waals surface area (Å²) in [5.74, 6) is 0.523. The van der Waals surface area contributed by atoms with Crippen molar-refractivity contribution in [1.82, 2.24) is 25.0 Å². The van der Waals surface area contributed by atoms with Crippen LogP contribution in [0, 0.1) is 5.92 Å². The van der Waals surface area contributed by atoms with Gasteiger partial charge in [-0.25, -0.2) is 9.67 Å². The summed E-state index contributed by atoms with van der Waals surface area (Å²) < 4.78 is 1.82. The summed E-state index contributed by atoms with van der Waals surface area (Å²) in [5, 5.41) is 10.3. The highest BCUT2D eigenvalue weighted by molar-refractivity contribution is 7.13. The number of amides is 1. The van der Waals surface area contributed by atoms with Gasteiger partial charge in [0.2, 0.25) is 0 Å². The summed E-state index contributed by atoms with van der Waals surface area (Å²) in [7, 11) is 0. The van der Waals surface area contributed by atoms with E-state index in [1.54, 1.807) is 6.20 Å². The molecule has 1 aliphatic heterocycles. The number of nitrogens with zero attached hydrogens (tertiary/aromatic N) is 4. The highest BCUT2D eigenvalue weighted by Gasteiger charge is 2.44. The quantitative estimate of drug-likeness (QED) is 0.723. The van der Waals surface area contributed by atoms with Crippen LogP contribution in [-0.2, 0) is 0 Å². The number of fused-ring (bicyclic) bond motifs is 2. The predicted molar refractivity (Wildman–Crippen MR) is 110 cm³/mol. The molecule has 2 aromatic heterocycles. The molecule has 1 unspecified atom stereocenters. The van der Waals surface area contributed by atoms with Crippen LogP contribution in [0.2, 0.25) is 0 Å². The van der Waals surface area contributed by atoms with Gasteiger partial charge in [-0.15, -0.1) is 11.3 Å². The minimum atomic E-state index is -0.0569. The van der Waals surface area contributed by atoms with Crippen LogP contribution in [0.15, 0.2) is 48.1 Å². The molecule has 144 valence electrons. The molecule has 0 radical (unpaired) electrons. The van der Waals surface area contributed by atoms with E-state index in [4.69, 9.17) is 0 Å². The van der Waals surface area contributed by atoms with Crippen molar-refractivity contribution in [3.63, 3.8) is 0 Å². The molecule has 6 nitrogen and oxygen atoms in total. The Hall–Kier alpha value is -2.51. The van der Waals surface area contributed by atoms with Crippen LogP contribution in [0.25, 0.3) is 16.3 Å². The summed E-state index contributed by atoms with van der Waals surface area (Å²) in [4.78, 5) is 19.8. The second-order valence-electron chi connectivity index (χ2n) is 7.60. The van der Waals surface area contributed by atoms with Gasteiger partial charge >= 0.3 is 0 Å². The van der Waals surface area contributed by atoms with Crippen LogP contribution in [0.4, 0.5) is 0 Å². The summed E-state index contributed by atoms with van der Waals surface area (Å²) in [6.45, 7) is 4.42. The third kappa shape index (κ3) is 3.14. The second-order valence-corrected chi connectivity index (χ2v) is 8.46. The lowest BCUT2D eigenvalue weighted by molar-refractivity contribution is 0.0904. The van der Waals surface area contributed by atoms with E-state index >= 15 is 0 Å². The number of carbonyl (C=O) groups excluding carboxylic acids is 1. The molecule has 5 rings (SSSR count). The molecule has 3 atom stereocenters. The van der Waals surface area contributed by atoms with E-state index in [2.05, 4.69) is 27.2 Å². The molecule has 7 heteroatoms. The van der Waals surface area contributed by atoms with Crippen molar-refractivity contribution in [2.24, 2.45) is 5.92 Å². The molecule has 2 aliphatic rings. The number of nitrogens with one attached hydrogen (secondary N) is 1. The number of piperidine rings is 1. The van der Waals surface area contributed by atoms with E-state index < -0.39 is 0 Å². The van der Waals surface area contributed by atoms with Gasteiger partial charge < -0.3 is 10.2 Å². The fourth-order valence-electron chi connectivity index (χ4n) is 4.52. The van der Waals surface area contributed by atoms with Gasteiger partial charge in [-0.3, -0.25) is 4.79 Å². The molecule has 1 amide bonds. The first kappa shape index (κ1) is 17.6. The molecule has 1 saturated heterocycles. The average Bonchev–Trinajstić information content (AvgIpc) is 3.51. The smallest absolute Gasteiger partial charge is 0.271 e. The molecule has 1 saturated carbocycles. The molecule has 0 spiro atoms. The maximum atomic E-state index is 12.7. The molecule has 2 fully saturated rings. The van der Waals surface area contributed by atoms with Crippen LogP contribution in [0.1, 0.15) is 30.3 Å². The summed E-state index contributed by atoms with van der Waals surface area (Å²) in [5.41, 5.74) is 2.43. The zero-order valence-corrected chi connectivity index (χ0v) is 16.6. The van der Waals surface area contributed by atoms with Crippen molar-refractivity contribution in [2.75, 3.05) is 13.1 Å². The van der Waals surface area contributed by atoms with Crippen LogP contribution < -0.4 is 5.32 Å². The van der Waals surface area contributed by atoms with Gasteiger partial charge in [0.05, 0.1) is 11.9 Å². The summed E-state index contributed by atoms with van der Waals surface area (Å²) in [6.07, 6.45) is 6.01. The minimum absolute atomic E-state index is 0.0569. The Morgan fingerprint density at radius 1 is 1.29 bits per heavy atom. The van der Waals surface area contributed by atoms with Crippen LogP contribution in [-0.4, -0.2) is 50.7 Å². The van der Waals surface area contributed by atoms with E-state index in [1.165, 1.54) is 17.8 Å². The van der Waals surface area contributed by atoms with Gasteiger partial charge in [0, 0.05) is 35.8 Å². The first-order chi connectivity index (χ1) is 13.7. The second kappa shape index (κ2) is 7.14. The number of benzene rings is 1. The predicted octanol–water partition coefficient (Wildman–Crippen LogP) is 3.21. The highest BCUT2D eigenvalue weighted by Crippen LogP contribution is 2.37. The maximum absolute atomic E-state index is 12.7. The van der Waals surface area contributed by atoms with Gasteiger partial charge in [0.1, 0.15) is 10.7 Å². The SMILES string of the molecule is CCN1C[C@@H]2C[C@H]1CC2NC(=O)c1csc(-c2cnn(-c3ccccc3)c2)n1. The number of aromatic nitrogens is 3. The molecule has 1 aromatic carbocycles. The Balaban J connectivity index is 1.27. The number of carbonyl (C=O) groups is 1. The third-order valence-electron chi connectivity index (χ3n) is 5.97. The molecule has 1 N–H and O–H groups in total. The highest BCUT2D eigenvalue weighted by atomic mass is 32.1. The Morgan fingerprint density at radius 2 is 2.14 bits per heavy atom. The number of hydrogen-bond donors (Lipinski definition) is 1. The fraction of sp³-hybridized carbons (Fsp3) is 0.381. The standard InChI is InChI=1S/C21H23N5OS/c1-2-25-11-14-8-17(25)9-18(14)23-20(27)19-13-28-21(24-19)15-10-22-26(12-15)16-6-4-3-5-7-16/h3-7,10,12-14,17-18H,2,8-9,11H2,1H3,(H,23,27)/t14-,17-,18?/m0/s1. The lowest BCUT2D eigenvalue weighted by atomic mass is 10.0. The van der Waals surface area contributed by atoms with Crippen molar-refractivity contribution in [3.05, 3.63) is 53.8 Å². The van der Waals surface area contributed by atoms with Crippen molar-refractivity contribution in [2.45, 2.75) is 31.8 Å². The topological polar surface area (TPSA) is 63.1 Å². The van der Waals surface area contributed by atoms with Crippen LogP contribution in [0.5, 0.6) is 0 Å². The molecule has 28 heavy (non-hydrogen) atoms. The zero-order valence-electron chi connectivity index (χ0n) is 15.8. The minimum Gasteiger partial charge on any atom is -0.348 e. The molecular formula is C21H23N5OS. The Kier molecular flexibility index (Phi) is 4.49. The number of para-hydroxylation sites is 1. The van der Waals surface area contributed by atoms with E-state index in [9.17, 15) is 4.79 Å². The Bertz CT molecular complexity index is 982. The number of hydrogen-bond acceptors (Lipinski definition) is 5. The van der Waals surface area contributed by atoms with Crippen molar-refractivity contribution < 1.29 is 4.79 Å². The van der Waals surface area contributed by atoms with Crippen LogP contribution in [0.3, 0.4) is 0 Å². The maximum Gasteiger partial charge on any atom is 0.271 e. The van der Waals surface area contributed by atoms with E-state index in [-0.39, 0.29) is 11.9 Å². The number of rotatable bonds is 5. The summed E-state index contributed by atoms with van der Waals surface area (Å²) in [6, 6.07) is 10.9. The lowest BCUT2D eigenvalue weighted by Gasteiger charge is -2.30. The molecular weight excluding hydrogens is 370 g/mol. The average molecular weight is 394 g/mol. The normalized spacial score (nSPS) is 24.0. The number of likely N-dealkylation sites (tertiary alicyclic amines) is 1. The van der Waals surface area contributed by atoms with Gasteiger partial charge in [-0.05, 0) is 37.4 Å². The van der Waals surface area contributed by atoms with Crippen molar-refractivity contribution in [3.8, 4) is 16.3 Å². The monoisotopic (exact) mass is 393 g/mol. The largest absolute Gasteiger partial charge is 0.348 e. The Morgan fingerprint density at radius 3 is 2.89 bits per heavy atom. The van der Waals surface area contributed by atoms with E-state index in [1.807, 2.05) is 46.6 Å². The van der Waals surface area contributed by atoms with Gasteiger partial charge in [-0.1, -0.05) is 25.1 Å². The van der Waals surface area contributed by atoms with Gasteiger partial charge in [0.25, 0.3) is 5.91 Å². The lowest BCUT2D eigenvalue weighted by Crippen LogP contribution is -2.45. The Labute approximate surface area is 168 Å². The van der Waals surface area contributed by atoms with Gasteiger partial charge in [-0.2, -0.15) is 5.10 Å². The molecule has 3 heterocycles. The molecule has 1 aliphatic carbocycles. The zero-order chi connectivity index (χ0) is 19.1.